The summed E-state index contributed by atoms with van der Waals surface area (Å²) in [4.78, 5) is 0. The Kier molecular flexibility index (Phi) is 3.40. The highest BCUT2D eigenvalue weighted by Crippen LogP contribution is 2.19. The van der Waals surface area contributed by atoms with Crippen LogP contribution in [0.4, 0.5) is 0 Å². The molecule has 1 atom stereocenters. The van der Waals surface area contributed by atoms with Crippen LogP contribution >= 0.6 is 11.8 Å². The van der Waals surface area contributed by atoms with Gasteiger partial charge in [0.1, 0.15) is 0 Å². The highest BCUT2D eigenvalue weighted by atomic mass is 32.2. The number of rotatable bonds is 3. The van der Waals surface area contributed by atoms with Crippen LogP contribution in [0, 0.1) is 0 Å². The van der Waals surface area contributed by atoms with E-state index in [2.05, 4.69) is 0 Å². The molecule has 0 radical (unpaired) electrons. The molecule has 2 nitrogen and oxygen atoms in total. The Morgan fingerprint density at radius 3 is 3.11 bits per heavy atom. The van der Waals surface area contributed by atoms with Gasteiger partial charge in [0.05, 0.1) is 13.2 Å². The van der Waals surface area contributed by atoms with Crippen molar-refractivity contribution >= 4 is 11.8 Å². The maximum Gasteiger partial charge on any atom is 0.0585 e. The number of aliphatic hydroxyl groups is 1. The Morgan fingerprint density at radius 2 is 2.56 bits per heavy atom. The molecule has 0 amide bonds. The molecule has 1 N–H and O–H groups in total. The standard InChI is InChI=1S/C6H12O2S/c7-2-4-9-6-1-3-8-5-6/h6-7H,1-5H2. The van der Waals surface area contributed by atoms with Gasteiger partial charge >= 0.3 is 0 Å². The average Bonchev–Trinajstić information content (AvgIpc) is 2.34. The number of hydrogen-bond acceptors (Lipinski definition) is 3. The molecule has 1 saturated heterocycles. The Morgan fingerprint density at radius 1 is 1.67 bits per heavy atom. The molecule has 3 heteroatoms. The minimum Gasteiger partial charge on any atom is -0.396 e. The zero-order chi connectivity index (χ0) is 6.53. The van der Waals surface area contributed by atoms with Gasteiger partial charge in [-0.1, -0.05) is 0 Å². The summed E-state index contributed by atoms with van der Waals surface area (Å²) < 4.78 is 5.15. The van der Waals surface area contributed by atoms with E-state index in [0.717, 1.165) is 25.4 Å². The zero-order valence-corrected chi connectivity index (χ0v) is 6.19. The first kappa shape index (κ1) is 7.38. The Bertz CT molecular complexity index is 71.5. The number of aliphatic hydroxyl groups excluding tert-OH is 1. The minimum absolute atomic E-state index is 0.293. The molecule has 1 fully saturated rings. The summed E-state index contributed by atoms with van der Waals surface area (Å²) in [7, 11) is 0. The van der Waals surface area contributed by atoms with Crippen molar-refractivity contribution in [2.45, 2.75) is 11.7 Å². The predicted octanol–water partition coefficient (Wildman–Crippen LogP) is 0.501. The second-order valence-corrected chi connectivity index (χ2v) is 3.49. The first-order chi connectivity index (χ1) is 4.43. The highest BCUT2D eigenvalue weighted by Gasteiger charge is 2.14. The molecule has 0 bridgehead atoms. The van der Waals surface area contributed by atoms with Gasteiger partial charge in [-0.3, -0.25) is 0 Å². The van der Waals surface area contributed by atoms with E-state index >= 15 is 0 Å². The molecule has 1 aliphatic rings. The maximum atomic E-state index is 8.46. The lowest BCUT2D eigenvalue weighted by molar-refractivity contribution is 0.199. The molecule has 1 unspecified atom stereocenters. The van der Waals surface area contributed by atoms with E-state index in [4.69, 9.17) is 9.84 Å². The fourth-order valence-corrected chi connectivity index (χ4v) is 1.76. The van der Waals surface area contributed by atoms with Gasteiger partial charge < -0.3 is 9.84 Å². The zero-order valence-electron chi connectivity index (χ0n) is 5.38. The van der Waals surface area contributed by atoms with Crippen LogP contribution < -0.4 is 0 Å². The van der Waals surface area contributed by atoms with Crippen LogP contribution in [0.5, 0.6) is 0 Å². The van der Waals surface area contributed by atoms with Crippen LogP contribution in [0.1, 0.15) is 6.42 Å². The third kappa shape index (κ3) is 2.56. The van der Waals surface area contributed by atoms with Crippen LogP contribution in [0.15, 0.2) is 0 Å². The predicted molar refractivity (Wildman–Crippen MR) is 38.8 cm³/mol. The highest BCUT2D eigenvalue weighted by molar-refractivity contribution is 7.99. The van der Waals surface area contributed by atoms with Gasteiger partial charge in [0.15, 0.2) is 0 Å². The molecule has 54 valence electrons. The topological polar surface area (TPSA) is 29.5 Å². The van der Waals surface area contributed by atoms with E-state index < -0.39 is 0 Å². The summed E-state index contributed by atoms with van der Waals surface area (Å²) >= 11 is 1.81. The van der Waals surface area contributed by atoms with Gasteiger partial charge in [0.2, 0.25) is 0 Å². The van der Waals surface area contributed by atoms with Crippen molar-refractivity contribution in [1.29, 1.82) is 0 Å². The van der Waals surface area contributed by atoms with Gasteiger partial charge in [-0.25, -0.2) is 0 Å². The van der Waals surface area contributed by atoms with Crippen molar-refractivity contribution in [1.82, 2.24) is 0 Å². The van der Waals surface area contributed by atoms with E-state index in [1.54, 1.807) is 0 Å². The third-order valence-corrected chi connectivity index (χ3v) is 2.59. The molecule has 0 aromatic rings. The Labute approximate surface area is 59.6 Å². The van der Waals surface area contributed by atoms with Crippen LogP contribution in [0.3, 0.4) is 0 Å². The molecule has 0 spiro atoms. The van der Waals surface area contributed by atoms with Crippen molar-refractivity contribution in [2.75, 3.05) is 25.6 Å². The normalized spacial score (nSPS) is 27.0. The monoisotopic (exact) mass is 148 g/mol. The number of thioether (sulfide) groups is 1. The van der Waals surface area contributed by atoms with Gasteiger partial charge in [0, 0.05) is 17.6 Å². The quantitative estimate of drug-likeness (QED) is 0.632. The molecule has 1 rings (SSSR count). The third-order valence-electron chi connectivity index (χ3n) is 1.33. The van der Waals surface area contributed by atoms with Crippen LogP contribution in [0.25, 0.3) is 0 Å². The van der Waals surface area contributed by atoms with E-state index in [0.29, 0.717) is 11.9 Å². The van der Waals surface area contributed by atoms with Crippen LogP contribution in [-0.2, 0) is 4.74 Å². The van der Waals surface area contributed by atoms with E-state index in [-0.39, 0.29) is 0 Å². The van der Waals surface area contributed by atoms with E-state index in [1.165, 1.54) is 0 Å². The van der Waals surface area contributed by atoms with Crippen LogP contribution in [-0.4, -0.2) is 35.9 Å². The lowest BCUT2D eigenvalue weighted by Crippen LogP contribution is -2.03. The van der Waals surface area contributed by atoms with E-state index in [1.807, 2.05) is 11.8 Å². The van der Waals surface area contributed by atoms with Gasteiger partial charge in [0.25, 0.3) is 0 Å². The SMILES string of the molecule is OCCSC1CCOC1. The lowest BCUT2D eigenvalue weighted by Gasteiger charge is -2.03. The fraction of sp³-hybridized carbons (Fsp3) is 1.00. The molecule has 1 heterocycles. The summed E-state index contributed by atoms with van der Waals surface area (Å²) in [6.45, 7) is 2.08. The second-order valence-electron chi connectivity index (χ2n) is 2.08. The fourth-order valence-electron chi connectivity index (χ4n) is 0.864. The number of ether oxygens (including phenoxy) is 1. The van der Waals surface area contributed by atoms with Crippen LogP contribution in [0.2, 0.25) is 0 Å². The molecular formula is C6H12O2S. The van der Waals surface area contributed by atoms with Gasteiger partial charge in [-0.15, -0.1) is 0 Å². The van der Waals surface area contributed by atoms with Crippen molar-refractivity contribution < 1.29 is 9.84 Å². The lowest BCUT2D eigenvalue weighted by atomic mass is 10.4. The molecule has 0 aromatic carbocycles. The van der Waals surface area contributed by atoms with Gasteiger partial charge in [-0.05, 0) is 6.42 Å². The summed E-state index contributed by atoms with van der Waals surface area (Å²) in [6, 6.07) is 0. The minimum atomic E-state index is 0.293. The maximum absolute atomic E-state index is 8.46. The largest absolute Gasteiger partial charge is 0.396 e. The average molecular weight is 148 g/mol. The molecule has 1 aliphatic heterocycles. The first-order valence-corrected chi connectivity index (χ1v) is 4.28. The first-order valence-electron chi connectivity index (χ1n) is 3.23. The molecule has 9 heavy (non-hydrogen) atoms. The molecule has 0 saturated carbocycles. The molecule has 0 aliphatic carbocycles. The number of hydrogen-bond donors (Lipinski definition) is 1. The molecular weight excluding hydrogens is 136 g/mol. The van der Waals surface area contributed by atoms with Gasteiger partial charge in [-0.2, -0.15) is 11.8 Å². The summed E-state index contributed by atoms with van der Waals surface area (Å²) in [6.07, 6.45) is 1.16. The van der Waals surface area contributed by atoms with Crippen molar-refractivity contribution in [3.05, 3.63) is 0 Å². The van der Waals surface area contributed by atoms with Crippen molar-refractivity contribution in [3.8, 4) is 0 Å². The smallest absolute Gasteiger partial charge is 0.0585 e. The second kappa shape index (κ2) is 4.14. The summed E-state index contributed by atoms with van der Waals surface area (Å²) in [5.74, 6) is 0.855. The van der Waals surface area contributed by atoms with Crippen molar-refractivity contribution in [2.24, 2.45) is 0 Å². The Hall–Kier alpha value is 0.270. The van der Waals surface area contributed by atoms with Crippen molar-refractivity contribution in [3.63, 3.8) is 0 Å². The molecule has 0 aromatic heterocycles. The van der Waals surface area contributed by atoms with E-state index in [9.17, 15) is 0 Å². The summed E-state index contributed by atoms with van der Waals surface area (Å²) in [5.41, 5.74) is 0. The Balaban J connectivity index is 1.98. The summed E-state index contributed by atoms with van der Waals surface area (Å²) in [5, 5.41) is 9.12.